The number of hydrogen-bond acceptors (Lipinski definition) is 4. The molecule has 0 aromatic heterocycles. The average molecular weight is 449 g/mol. The van der Waals surface area contributed by atoms with Gasteiger partial charge in [0.2, 0.25) is 0 Å². The van der Waals surface area contributed by atoms with Crippen molar-refractivity contribution >= 4 is 31.7 Å². The van der Waals surface area contributed by atoms with Crippen molar-refractivity contribution in [1.82, 2.24) is 0 Å². The molecule has 5 heteroatoms. The van der Waals surface area contributed by atoms with Gasteiger partial charge in [0.15, 0.2) is 0 Å². The molecule has 142 valence electrons. The molecule has 0 atom stereocenters. The third kappa shape index (κ3) is 21.7. The molecule has 0 aliphatic rings. The molecular weight excluding hydrogens is 411 g/mol. The molecule has 0 heterocycles. The zero-order valence-corrected chi connectivity index (χ0v) is 19.3. The van der Waals surface area contributed by atoms with Crippen LogP contribution in [-0.2, 0) is 14.3 Å². The van der Waals surface area contributed by atoms with Gasteiger partial charge in [0.1, 0.15) is 0 Å². The second-order valence-corrected chi connectivity index (χ2v) is 15.0. The monoisotopic (exact) mass is 450 g/mol. The van der Waals surface area contributed by atoms with E-state index in [1.807, 2.05) is 0 Å². The summed E-state index contributed by atoms with van der Waals surface area (Å²) in [7, 11) is 0. The van der Waals surface area contributed by atoms with Crippen LogP contribution in [0.5, 0.6) is 0 Å². The number of carboxylic acid groups (broad SMARTS) is 1. The van der Waals surface area contributed by atoms with Crippen molar-refractivity contribution in [3.63, 3.8) is 0 Å². The molecule has 24 heavy (non-hydrogen) atoms. The molecule has 0 aromatic carbocycles. The van der Waals surface area contributed by atoms with Crippen LogP contribution < -0.4 is 5.11 Å². The Bertz CT molecular complexity index is 287. The molecule has 0 spiro atoms. The minimum absolute atomic E-state index is 0.111. The molecule has 0 fully saturated rings. The van der Waals surface area contributed by atoms with Crippen LogP contribution in [0.2, 0.25) is 13.3 Å². The SMILES string of the molecule is CC(C)OC(=O)CCC(=O)[O-].CCC[CH2][Sn+]([CH2]CCC)[CH2]CCC. The summed E-state index contributed by atoms with van der Waals surface area (Å²) in [5.41, 5.74) is 0. The maximum atomic E-state index is 10.6. The Hall–Kier alpha value is -0.261. The van der Waals surface area contributed by atoms with E-state index in [2.05, 4.69) is 25.5 Å². The number of esters is 1. The molecule has 4 nitrogen and oxygen atoms in total. The number of unbranched alkanes of at least 4 members (excludes halogenated alkanes) is 3. The molecule has 0 bridgehead atoms. The van der Waals surface area contributed by atoms with Gasteiger partial charge in [0, 0.05) is 5.97 Å². The van der Waals surface area contributed by atoms with Crippen LogP contribution >= 0.6 is 0 Å². The van der Waals surface area contributed by atoms with Gasteiger partial charge in [-0.3, -0.25) is 4.79 Å². The minimum atomic E-state index is -1.23. The standard InChI is InChI=1S/C7H12O4.3C4H9.Sn/c1-5(2)11-7(10)4-3-6(8)9;3*1-3-4-2;/h5H,3-4H2,1-2H3,(H,8,9);3*1,3-4H2,2H3;/q;;;;+1/p-1. The number of aliphatic carboxylic acids is 1. The van der Waals surface area contributed by atoms with Crippen LogP contribution in [0.3, 0.4) is 0 Å². The van der Waals surface area contributed by atoms with E-state index in [4.69, 9.17) is 0 Å². The van der Waals surface area contributed by atoms with Crippen molar-refractivity contribution in [3.05, 3.63) is 0 Å². The molecule has 0 amide bonds. The van der Waals surface area contributed by atoms with Crippen LogP contribution in [-0.4, -0.2) is 37.8 Å². The summed E-state index contributed by atoms with van der Waals surface area (Å²) in [6.07, 6.45) is 8.27. The summed E-state index contributed by atoms with van der Waals surface area (Å²) in [5, 5.41) is 9.87. The fraction of sp³-hybridized carbons (Fsp3) is 0.895. The molecule has 0 saturated heterocycles. The molecule has 0 rings (SSSR count). The van der Waals surface area contributed by atoms with Gasteiger partial charge in [-0.05, 0) is 20.3 Å². The molecule has 0 aliphatic heterocycles. The molecule has 0 saturated carbocycles. The van der Waals surface area contributed by atoms with Crippen molar-refractivity contribution < 1.29 is 19.4 Å². The van der Waals surface area contributed by atoms with Gasteiger partial charge in [0.25, 0.3) is 0 Å². The number of carbonyl (C=O) groups excluding carboxylic acids is 2. The van der Waals surface area contributed by atoms with Gasteiger partial charge >= 0.3 is 98.3 Å². The first-order valence-corrected chi connectivity index (χ1v) is 15.7. The van der Waals surface area contributed by atoms with E-state index in [-0.39, 0.29) is 18.9 Å². The van der Waals surface area contributed by atoms with Crippen molar-refractivity contribution in [3.8, 4) is 0 Å². The first kappa shape index (κ1) is 26.0. The Morgan fingerprint density at radius 2 is 1.29 bits per heavy atom. The third-order valence-electron chi connectivity index (χ3n) is 3.55. The first-order valence-electron chi connectivity index (χ1n) is 9.60. The van der Waals surface area contributed by atoms with Gasteiger partial charge in [-0.25, -0.2) is 0 Å². The quantitative estimate of drug-likeness (QED) is 0.310. The van der Waals surface area contributed by atoms with Gasteiger partial charge in [-0.2, -0.15) is 0 Å². The van der Waals surface area contributed by atoms with Crippen LogP contribution in [0.1, 0.15) is 86.0 Å². The van der Waals surface area contributed by atoms with Gasteiger partial charge < -0.3 is 14.6 Å². The molecule has 0 radical (unpaired) electrons. The Morgan fingerprint density at radius 3 is 1.58 bits per heavy atom. The second-order valence-electron chi connectivity index (χ2n) is 6.47. The van der Waals surface area contributed by atoms with Crippen LogP contribution in [0.15, 0.2) is 0 Å². The fourth-order valence-corrected chi connectivity index (χ4v) is 11.6. The van der Waals surface area contributed by atoms with E-state index in [9.17, 15) is 14.7 Å². The zero-order chi connectivity index (χ0) is 18.8. The number of carbonyl (C=O) groups is 2. The van der Waals surface area contributed by atoms with E-state index >= 15 is 0 Å². The topological polar surface area (TPSA) is 66.4 Å². The first-order chi connectivity index (χ1) is 11.4. The molecule has 0 N–H and O–H groups in total. The summed E-state index contributed by atoms with van der Waals surface area (Å²) in [4.78, 5) is 20.5. The Morgan fingerprint density at radius 1 is 0.875 bits per heavy atom. The molecule has 0 unspecified atom stereocenters. The molecule has 0 aliphatic carbocycles. The van der Waals surface area contributed by atoms with E-state index < -0.39 is 31.7 Å². The number of rotatable bonds is 13. The number of carboxylic acids is 1. The summed E-state index contributed by atoms with van der Waals surface area (Å²) in [5.74, 6) is -1.73. The Labute approximate surface area is 156 Å². The number of ether oxygens (including phenoxy) is 1. The van der Waals surface area contributed by atoms with E-state index in [1.54, 1.807) is 27.2 Å². The summed E-state index contributed by atoms with van der Waals surface area (Å²) >= 11 is -0.839. The van der Waals surface area contributed by atoms with E-state index in [0.717, 1.165) is 0 Å². The van der Waals surface area contributed by atoms with Crippen LogP contribution in [0.4, 0.5) is 0 Å². The van der Waals surface area contributed by atoms with Gasteiger partial charge in [-0.15, -0.1) is 0 Å². The Balaban J connectivity index is 0. The second kappa shape index (κ2) is 19.1. The summed E-state index contributed by atoms with van der Waals surface area (Å²) in [6, 6.07) is 0. The normalized spacial score (nSPS) is 10.1. The average Bonchev–Trinajstić information content (AvgIpc) is 2.52. The maximum absolute atomic E-state index is 10.6. The van der Waals surface area contributed by atoms with Crippen molar-refractivity contribution in [2.24, 2.45) is 0 Å². The predicted molar refractivity (Wildman–Crippen MR) is 100 cm³/mol. The summed E-state index contributed by atoms with van der Waals surface area (Å²) in [6.45, 7) is 10.4. The van der Waals surface area contributed by atoms with Gasteiger partial charge in [-0.1, -0.05) is 0 Å². The van der Waals surface area contributed by atoms with E-state index in [0.29, 0.717) is 0 Å². The fourth-order valence-electron chi connectivity index (χ4n) is 2.18. The van der Waals surface area contributed by atoms with Crippen LogP contribution in [0, 0.1) is 0 Å². The molecule has 0 aromatic rings. The van der Waals surface area contributed by atoms with E-state index in [1.165, 1.54) is 38.5 Å². The Kier molecular flexibility index (Phi) is 20.6. The molecular formula is C19H38O4Sn. The van der Waals surface area contributed by atoms with Crippen molar-refractivity contribution in [2.45, 2.75) is 105 Å². The third-order valence-corrected chi connectivity index (χ3v) is 12.6. The summed E-state index contributed by atoms with van der Waals surface area (Å²) < 4.78 is 9.71. The van der Waals surface area contributed by atoms with Crippen molar-refractivity contribution in [1.29, 1.82) is 0 Å². The van der Waals surface area contributed by atoms with Crippen molar-refractivity contribution in [2.75, 3.05) is 0 Å². The predicted octanol–water partition coefficient (Wildman–Crippen LogP) is 4.35. The van der Waals surface area contributed by atoms with Crippen LogP contribution in [0.25, 0.3) is 0 Å². The number of hydrogen-bond donors (Lipinski definition) is 0. The van der Waals surface area contributed by atoms with Gasteiger partial charge in [0.05, 0.1) is 12.5 Å². The zero-order valence-electron chi connectivity index (χ0n) is 16.5.